The highest BCUT2D eigenvalue weighted by atomic mass is 16.6. The number of hydrogen-bond donors (Lipinski definition) is 2. The maximum Gasteiger partial charge on any atom is 0.183 e. The van der Waals surface area contributed by atoms with Gasteiger partial charge in [0.25, 0.3) is 0 Å². The van der Waals surface area contributed by atoms with E-state index >= 15 is 0 Å². The molecule has 3 heterocycles. The number of nitrogen functional groups attached to an aromatic ring is 1. The van der Waals surface area contributed by atoms with Gasteiger partial charge in [-0.15, -0.1) is 0 Å². The number of nitrogens with two attached hydrogens (primary N) is 1. The zero-order valence-electron chi connectivity index (χ0n) is 8.51. The minimum atomic E-state index is -0.178. The van der Waals surface area contributed by atoms with Crippen molar-refractivity contribution >= 4 is 17.0 Å². The molecule has 1 aliphatic rings. The van der Waals surface area contributed by atoms with Crippen molar-refractivity contribution in [2.45, 2.75) is 6.10 Å². The molecule has 1 fully saturated rings. The number of H-pyrrole nitrogens is 1. The van der Waals surface area contributed by atoms with Crippen molar-refractivity contribution in [2.24, 2.45) is 0 Å². The maximum absolute atomic E-state index is 5.70. The maximum atomic E-state index is 5.70. The second-order valence-corrected chi connectivity index (χ2v) is 3.51. The molecule has 16 heavy (non-hydrogen) atoms. The zero-order valence-corrected chi connectivity index (χ0v) is 8.51. The molecule has 84 valence electrons. The van der Waals surface area contributed by atoms with E-state index in [2.05, 4.69) is 19.9 Å². The van der Waals surface area contributed by atoms with E-state index in [9.17, 15) is 0 Å². The fourth-order valence-electron chi connectivity index (χ4n) is 1.66. The predicted octanol–water partition coefficient (Wildman–Crippen LogP) is 0.0230. The number of rotatable bonds is 1. The first-order chi connectivity index (χ1) is 7.84. The number of fused-ring (bicyclic) bond motifs is 1. The van der Waals surface area contributed by atoms with E-state index in [0.29, 0.717) is 42.6 Å². The number of ether oxygens (including phenoxy) is 2. The van der Waals surface area contributed by atoms with Gasteiger partial charge in [0.1, 0.15) is 23.8 Å². The first-order valence-corrected chi connectivity index (χ1v) is 5.00. The van der Waals surface area contributed by atoms with E-state index in [0.717, 1.165) is 0 Å². The van der Waals surface area contributed by atoms with Crippen LogP contribution in [0.3, 0.4) is 0 Å². The van der Waals surface area contributed by atoms with E-state index < -0.39 is 0 Å². The lowest BCUT2D eigenvalue weighted by atomic mass is 10.3. The summed E-state index contributed by atoms with van der Waals surface area (Å²) < 4.78 is 10.8. The fourth-order valence-corrected chi connectivity index (χ4v) is 1.66. The molecule has 0 spiro atoms. The first-order valence-electron chi connectivity index (χ1n) is 5.00. The molecule has 2 aromatic heterocycles. The summed E-state index contributed by atoms with van der Waals surface area (Å²) in [7, 11) is 0. The van der Waals surface area contributed by atoms with Crippen LogP contribution in [0.2, 0.25) is 0 Å². The molecule has 0 saturated carbocycles. The Morgan fingerprint density at radius 3 is 3.06 bits per heavy atom. The van der Waals surface area contributed by atoms with Gasteiger partial charge >= 0.3 is 0 Å². The number of hydrogen-bond acceptors (Lipinski definition) is 6. The van der Waals surface area contributed by atoms with E-state index in [4.69, 9.17) is 15.2 Å². The van der Waals surface area contributed by atoms with E-state index in [1.165, 1.54) is 6.33 Å². The molecule has 1 atom stereocenters. The van der Waals surface area contributed by atoms with Crippen LogP contribution < -0.4 is 5.73 Å². The van der Waals surface area contributed by atoms with Crippen LogP contribution >= 0.6 is 0 Å². The molecule has 0 radical (unpaired) electrons. The van der Waals surface area contributed by atoms with Crippen LogP contribution in [0.25, 0.3) is 11.2 Å². The van der Waals surface area contributed by atoms with E-state index in [1.807, 2.05) is 0 Å². The van der Waals surface area contributed by atoms with Crippen LogP contribution in [0.15, 0.2) is 6.33 Å². The minimum Gasteiger partial charge on any atom is -0.382 e. The topological polar surface area (TPSA) is 98.9 Å². The molecule has 1 saturated heterocycles. The van der Waals surface area contributed by atoms with Crippen molar-refractivity contribution in [3.63, 3.8) is 0 Å². The molecule has 0 aromatic carbocycles. The third kappa shape index (κ3) is 1.50. The van der Waals surface area contributed by atoms with Crippen LogP contribution in [0.1, 0.15) is 11.9 Å². The third-order valence-electron chi connectivity index (χ3n) is 2.46. The van der Waals surface area contributed by atoms with Crippen molar-refractivity contribution in [1.82, 2.24) is 19.9 Å². The minimum absolute atomic E-state index is 0.178. The lowest BCUT2D eigenvalue weighted by Crippen LogP contribution is -2.22. The molecule has 7 nitrogen and oxygen atoms in total. The van der Waals surface area contributed by atoms with Crippen molar-refractivity contribution in [1.29, 1.82) is 0 Å². The van der Waals surface area contributed by atoms with Gasteiger partial charge in [0.2, 0.25) is 0 Å². The molecule has 1 aliphatic heterocycles. The van der Waals surface area contributed by atoms with Gasteiger partial charge in [0, 0.05) is 0 Å². The Labute approximate surface area is 91.0 Å². The van der Waals surface area contributed by atoms with Crippen molar-refractivity contribution in [3.05, 3.63) is 12.2 Å². The van der Waals surface area contributed by atoms with Crippen LogP contribution in [0, 0.1) is 0 Å². The van der Waals surface area contributed by atoms with E-state index in [1.54, 1.807) is 0 Å². The summed E-state index contributed by atoms with van der Waals surface area (Å²) in [5.74, 6) is 1.07. The highest BCUT2D eigenvalue weighted by molar-refractivity contribution is 5.81. The normalized spacial score (nSPS) is 21.4. The molecule has 3 rings (SSSR count). The molecule has 0 amide bonds. The number of anilines is 1. The Kier molecular flexibility index (Phi) is 2.19. The average molecular weight is 221 g/mol. The lowest BCUT2D eigenvalue weighted by molar-refractivity contribution is -0.0931. The van der Waals surface area contributed by atoms with Gasteiger partial charge in [-0.1, -0.05) is 0 Å². The first kappa shape index (κ1) is 9.49. The largest absolute Gasteiger partial charge is 0.382 e. The summed E-state index contributed by atoms with van der Waals surface area (Å²) in [5, 5.41) is 0. The number of nitrogens with zero attached hydrogens (tertiary/aromatic N) is 3. The van der Waals surface area contributed by atoms with Gasteiger partial charge in [-0.2, -0.15) is 0 Å². The van der Waals surface area contributed by atoms with Gasteiger partial charge in [-0.3, -0.25) is 0 Å². The summed E-state index contributed by atoms with van der Waals surface area (Å²) >= 11 is 0. The van der Waals surface area contributed by atoms with Crippen molar-refractivity contribution in [3.8, 4) is 0 Å². The lowest BCUT2D eigenvalue weighted by Gasteiger charge is -2.20. The Balaban J connectivity index is 2.01. The molecular weight excluding hydrogens is 210 g/mol. The van der Waals surface area contributed by atoms with Gasteiger partial charge in [-0.25, -0.2) is 15.0 Å². The Bertz CT molecular complexity index is 506. The molecule has 0 bridgehead atoms. The highest BCUT2D eigenvalue weighted by Gasteiger charge is 2.21. The van der Waals surface area contributed by atoms with Crippen LogP contribution in [-0.4, -0.2) is 39.8 Å². The third-order valence-corrected chi connectivity index (χ3v) is 2.46. The second kappa shape index (κ2) is 3.69. The quantitative estimate of drug-likeness (QED) is 0.704. The van der Waals surface area contributed by atoms with Crippen molar-refractivity contribution in [2.75, 3.05) is 25.6 Å². The molecule has 7 heteroatoms. The van der Waals surface area contributed by atoms with Gasteiger partial charge < -0.3 is 20.2 Å². The smallest absolute Gasteiger partial charge is 0.183 e. The number of aromatic amines is 1. The standard InChI is InChI=1S/C9H11N5O2/c10-7-6-9(12-4-11-7)14-8(13-6)5-3-15-1-2-16-5/h4-5H,1-3H2,(H3,10,11,12,13,14)/t5-/m1/s1. The van der Waals surface area contributed by atoms with Crippen LogP contribution in [0.4, 0.5) is 5.82 Å². The summed E-state index contributed by atoms with van der Waals surface area (Å²) in [4.78, 5) is 15.3. The Morgan fingerprint density at radius 1 is 1.38 bits per heavy atom. The Hall–Kier alpha value is -1.73. The highest BCUT2D eigenvalue weighted by Crippen LogP contribution is 2.21. The van der Waals surface area contributed by atoms with Gasteiger partial charge in [-0.05, 0) is 0 Å². The molecule has 3 N–H and O–H groups in total. The summed E-state index contributed by atoms with van der Waals surface area (Å²) in [6.07, 6.45) is 1.21. The monoisotopic (exact) mass is 221 g/mol. The molecule has 2 aromatic rings. The predicted molar refractivity (Wildman–Crippen MR) is 55.6 cm³/mol. The number of imidazole rings is 1. The Morgan fingerprint density at radius 2 is 2.31 bits per heavy atom. The fraction of sp³-hybridized carbons (Fsp3) is 0.444. The SMILES string of the molecule is Nc1ncnc2nc([C@H]3COCCO3)[nH]c12. The summed E-state index contributed by atoms with van der Waals surface area (Å²) in [6.45, 7) is 1.69. The second-order valence-electron chi connectivity index (χ2n) is 3.51. The number of nitrogens with one attached hydrogen (secondary N) is 1. The van der Waals surface area contributed by atoms with Gasteiger partial charge in [0.15, 0.2) is 11.5 Å². The van der Waals surface area contributed by atoms with Crippen molar-refractivity contribution < 1.29 is 9.47 Å². The summed E-state index contributed by atoms with van der Waals surface area (Å²) in [6, 6.07) is 0. The molecular formula is C9H11N5O2. The van der Waals surface area contributed by atoms with Crippen LogP contribution in [0.5, 0.6) is 0 Å². The molecule has 0 aliphatic carbocycles. The number of aromatic nitrogens is 4. The van der Waals surface area contributed by atoms with Gasteiger partial charge in [0.05, 0.1) is 19.8 Å². The molecule has 0 unspecified atom stereocenters. The van der Waals surface area contributed by atoms with E-state index in [-0.39, 0.29) is 6.10 Å². The van der Waals surface area contributed by atoms with Crippen LogP contribution in [-0.2, 0) is 9.47 Å². The average Bonchev–Trinajstić information content (AvgIpc) is 2.76. The zero-order chi connectivity index (χ0) is 11.0. The summed E-state index contributed by atoms with van der Waals surface area (Å²) in [5.41, 5.74) is 6.90.